The Balaban J connectivity index is 2.26. The van der Waals surface area contributed by atoms with Gasteiger partial charge in [-0.3, -0.25) is 4.79 Å². The molecule has 0 amide bonds. The summed E-state index contributed by atoms with van der Waals surface area (Å²) in [6, 6.07) is 7.86. The van der Waals surface area contributed by atoms with E-state index in [4.69, 9.17) is 5.73 Å². The lowest BCUT2D eigenvalue weighted by atomic mass is 10.1. The number of hydrogen-bond donors (Lipinski definition) is 1. The summed E-state index contributed by atoms with van der Waals surface area (Å²) in [6.07, 6.45) is 2.88. The van der Waals surface area contributed by atoms with E-state index in [2.05, 4.69) is 4.90 Å². The molecule has 0 saturated carbocycles. The van der Waals surface area contributed by atoms with Crippen molar-refractivity contribution in [2.24, 2.45) is 5.73 Å². The van der Waals surface area contributed by atoms with E-state index in [9.17, 15) is 4.79 Å². The molecular formula is C13H18N2O. The summed E-state index contributed by atoms with van der Waals surface area (Å²) < 4.78 is 0. The number of para-hydroxylation sites is 1. The molecule has 1 aliphatic heterocycles. The van der Waals surface area contributed by atoms with Gasteiger partial charge in [0, 0.05) is 30.8 Å². The minimum absolute atomic E-state index is 0.157. The molecule has 0 unspecified atom stereocenters. The molecule has 1 aliphatic rings. The average molecular weight is 218 g/mol. The van der Waals surface area contributed by atoms with Gasteiger partial charge in [-0.15, -0.1) is 0 Å². The molecule has 86 valence electrons. The first-order valence-electron chi connectivity index (χ1n) is 5.90. The Bertz CT molecular complexity index is 370. The zero-order valence-electron chi connectivity index (χ0n) is 9.48. The van der Waals surface area contributed by atoms with Gasteiger partial charge in [0.15, 0.2) is 5.78 Å². The zero-order valence-corrected chi connectivity index (χ0v) is 9.48. The Morgan fingerprint density at radius 3 is 2.62 bits per heavy atom. The maximum absolute atomic E-state index is 11.9. The van der Waals surface area contributed by atoms with Crippen LogP contribution in [0, 0.1) is 0 Å². The van der Waals surface area contributed by atoms with Gasteiger partial charge in [0.25, 0.3) is 0 Å². The molecule has 1 heterocycles. The number of nitrogens with two attached hydrogens (primary N) is 1. The van der Waals surface area contributed by atoms with Crippen LogP contribution in [0.1, 0.15) is 29.6 Å². The standard InChI is InChI=1S/C13H18N2O/c14-8-7-13(16)11-5-1-2-6-12(11)15-9-3-4-10-15/h1-2,5-6H,3-4,7-10,14H2. The molecule has 1 aromatic carbocycles. The van der Waals surface area contributed by atoms with Crippen LogP contribution >= 0.6 is 0 Å². The molecule has 0 bridgehead atoms. The molecule has 0 aliphatic carbocycles. The highest BCUT2D eigenvalue weighted by atomic mass is 16.1. The summed E-state index contributed by atoms with van der Waals surface area (Å²) in [5, 5.41) is 0. The number of carbonyl (C=O) groups is 1. The van der Waals surface area contributed by atoms with Crippen molar-refractivity contribution in [1.29, 1.82) is 0 Å². The minimum Gasteiger partial charge on any atom is -0.371 e. The van der Waals surface area contributed by atoms with Gasteiger partial charge in [-0.05, 0) is 31.5 Å². The first-order valence-corrected chi connectivity index (χ1v) is 5.90. The van der Waals surface area contributed by atoms with Gasteiger partial charge in [-0.25, -0.2) is 0 Å². The lowest BCUT2D eigenvalue weighted by Gasteiger charge is -2.20. The SMILES string of the molecule is NCCC(=O)c1ccccc1N1CCCC1. The summed E-state index contributed by atoms with van der Waals surface area (Å²) in [6.45, 7) is 2.55. The topological polar surface area (TPSA) is 46.3 Å². The third-order valence-corrected chi connectivity index (χ3v) is 3.02. The lowest BCUT2D eigenvalue weighted by Crippen LogP contribution is -2.21. The summed E-state index contributed by atoms with van der Waals surface area (Å²) in [5.41, 5.74) is 7.35. The second-order valence-electron chi connectivity index (χ2n) is 4.17. The molecule has 0 spiro atoms. The second-order valence-corrected chi connectivity index (χ2v) is 4.17. The van der Waals surface area contributed by atoms with Crippen molar-refractivity contribution in [1.82, 2.24) is 0 Å². The summed E-state index contributed by atoms with van der Waals surface area (Å²) in [4.78, 5) is 14.2. The zero-order chi connectivity index (χ0) is 11.4. The minimum atomic E-state index is 0.157. The van der Waals surface area contributed by atoms with Crippen LogP contribution in [0.25, 0.3) is 0 Å². The highest BCUT2D eigenvalue weighted by Gasteiger charge is 2.18. The molecule has 2 rings (SSSR count). The first-order chi connectivity index (χ1) is 7.83. The van der Waals surface area contributed by atoms with Crippen LogP contribution < -0.4 is 10.6 Å². The molecule has 0 atom stereocenters. The van der Waals surface area contributed by atoms with E-state index < -0.39 is 0 Å². The van der Waals surface area contributed by atoms with Crippen LogP contribution in [0.2, 0.25) is 0 Å². The van der Waals surface area contributed by atoms with Gasteiger partial charge in [0.1, 0.15) is 0 Å². The fourth-order valence-corrected chi connectivity index (χ4v) is 2.21. The van der Waals surface area contributed by atoms with Gasteiger partial charge < -0.3 is 10.6 Å². The van der Waals surface area contributed by atoms with Gasteiger partial charge in [0.2, 0.25) is 0 Å². The smallest absolute Gasteiger partial charge is 0.166 e. The molecule has 1 aromatic rings. The number of nitrogens with zero attached hydrogens (tertiary/aromatic N) is 1. The predicted octanol–water partition coefficient (Wildman–Crippen LogP) is 1.82. The van der Waals surface area contributed by atoms with E-state index in [1.54, 1.807) is 0 Å². The van der Waals surface area contributed by atoms with Crippen LogP contribution in [0.5, 0.6) is 0 Å². The van der Waals surface area contributed by atoms with Crippen molar-refractivity contribution in [3.05, 3.63) is 29.8 Å². The van der Waals surface area contributed by atoms with E-state index in [1.165, 1.54) is 12.8 Å². The third-order valence-electron chi connectivity index (χ3n) is 3.02. The van der Waals surface area contributed by atoms with Crippen LogP contribution in [-0.2, 0) is 0 Å². The molecule has 0 radical (unpaired) electrons. The van der Waals surface area contributed by atoms with Crippen LogP contribution in [0.3, 0.4) is 0 Å². The molecule has 2 N–H and O–H groups in total. The van der Waals surface area contributed by atoms with E-state index in [1.807, 2.05) is 24.3 Å². The highest BCUT2D eigenvalue weighted by molar-refractivity contribution is 6.01. The first kappa shape index (κ1) is 11.1. The maximum atomic E-state index is 11.9. The summed E-state index contributed by atoms with van der Waals surface area (Å²) >= 11 is 0. The van der Waals surface area contributed by atoms with Crippen LogP contribution in [0.15, 0.2) is 24.3 Å². The van der Waals surface area contributed by atoms with Crippen molar-refractivity contribution >= 4 is 11.5 Å². The molecular weight excluding hydrogens is 200 g/mol. The van der Waals surface area contributed by atoms with Gasteiger partial charge in [-0.1, -0.05) is 12.1 Å². The van der Waals surface area contributed by atoms with E-state index in [-0.39, 0.29) is 5.78 Å². The molecule has 16 heavy (non-hydrogen) atoms. The number of rotatable bonds is 4. The Kier molecular flexibility index (Phi) is 3.57. The fraction of sp³-hybridized carbons (Fsp3) is 0.462. The van der Waals surface area contributed by atoms with Gasteiger partial charge >= 0.3 is 0 Å². The Morgan fingerprint density at radius 2 is 1.94 bits per heavy atom. The number of hydrogen-bond acceptors (Lipinski definition) is 3. The summed E-state index contributed by atoms with van der Waals surface area (Å²) in [7, 11) is 0. The van der Waals surface area contributed by atoms with Crippen molar-refractivity contribution in [2.45, 2.75) is 19.3 Å². The van der Waals surface area contributed by atoms with E-state index >= 15 is 0 Å². The lowest BCUT2D eigenvalue weighted by molar-refractivity contribution is 0.0986. The third kappa shape index (κ3) is 2.25. The quantitative estimate of drug-likeness (QED) is 0.784. The monoisotopic (exact) mass is 218 g/mol. The van der Waals surface area contributed by atoms with Crippen LogP contribution in [-0.4, -0.2) is 25.4 Å². The van der Waals surface area contributed by atoms with Gasteiger partial charge in [-0.2, -0.15) is 0 Å². The van der Waals surface area contributed by atoms with Crippen molar-refractivity contribution < 1.29 is 4.79 Å². The average Bonchev–Trinajstić information content (AvgIpc) is 2.83. The number of anilines is 1. The maximum Gasteiger partial charge on any atom is 0.166 e. The normalized spacial score (nSPS) is 15.4. The Labute approximate surface area is 96.2 Å². The predicted molar refractivity (Wildman–Crippen MR) is 65.9 cm³/mol. The number of ketones is 1. The van der Waals surface area contributed by atoms with Crippen LogP contribution in [0.4, 0.5) is 5.69 Å². The number of benzene rings is 1. The molecule has 3 heteroatoms. The molecule has 1 fully saturated rings. The highest BCUT2D eigenvalue weighted by Crippen LogP contribution is 2.25. The fourth-order valence-electron chi connectivity index (χ4n) is 2.21. The van der Waals surface area contributed by atoms with E-state index in [0.717, 1.165) is 24.3 Å². The Hall–Kier alpha value is -1.35. The van der Waals surface area contributed by atoms with Gasteiger partial charge in [0.05, 0.1) is 0 Å². The largest absolute Gasteiger partial charge is 0.371 e. The molecule has 1 saturated heterocycles. The Morgan fingerprint density at radius 1 is 1.25 bits per heavy atom. The number of Topliss-reactive ketones (excluding diaryl/α,β-unsaturated/α-hetero) is 1. The molecule has 3 nitrogen and oxygen atoms in total. The number of carbonyl (C=O) groups excluding carboxylic acids is 1. The molecule has 0 aromatic heterocycles. The van der Waals surface area contributed by atoms with Crippen molar-refractivity contribution in [3.8, 4) is 0 Å². The second kappa shape index (κ2) is 5.12. The van der Waals surface area contributed by atoms with Crippen molar-refractivity contribution in [3.63, 3.8) is 0 Å². The summed E-state index contributed by atoms with van der Waals surface area (Å²) in [5.74, 6) is 0.157. The van der Waals surface area contributed by atoms with Crippen molar-refractivity contribution in [2.75, 3.05) is 24.5 Å². The van der Waals surface area contributed by atoms with E-state index in [0.29, 0.717) is 13.0 Å².